The molecule has 4 nitrogen and oxygen atoms in total. The lowest BCUT2D eigenvalue weighted by Crippen LogP contribution is -2.45. The number of nitrogens with zero attached hydrogens (tertiary/aromatic N) is 1. The minimum absolute atomic E-state index is 0.158. The van der Waals surface area contributed by atoms with Gasteiger partial charge in [0.25, 0.3) is 0 Å². The zero-order chi connectivity index (χ0) is 17.6. The van der Waals surface area contributed by atoms with Gasteiger partial charge in [-0.15, -0.1) is 0 Å². The van der Waals surface area contributed by atoms with Crippen LogP contribution in [0.3, 0.4) is 0 Å². The highest BCUT2D eigenvalue weighted by Crippen LogP contribution is 2.24. The van der Waals surface area contributed by atoms with Crippen molar-refractivity contribution in [3.63, 3.8) is 0 Å². The molecule has 1 aromatic rings. The number of hydrogen-bond donors (Lipinski definition) is 3. The van der Waals surface area contributed by atoms with E-state index in [2.05, 4.69) is 24.5 Å². The molecule has 0 saturated heterocycles. The van der Waals surface area contributed by atoms with Crippen LogP contribution in [-0.2, 0) is 5.41 Å². The molecule has 134 valence electrons. The average molecular weight is 335 g/mol. The van der Waals surface area contributed by atoms with Crippen LogP contribution in [0.1, 0.15) is 52.0 Å². The van der Waals surface area contributed by atoms with Gasteiger partial charge >= 0.3 is 0 Å². The molecule has 1 aliphatic carbocycles. The highest BCUT2D eigenvalue weighted by molar-refractivity contribution is 5.80. The molecule has 0 spiro atoms. The van der Waals surface area contributed by atoms with Crippen molar-refractivity contribution in [2.75, 3.05) is 13.1 Å². The van der Waals surface area contributed by atoms with E-state index in [9.17, 15) is 9.50 Å². The van der Waals surface area contributed by atoms with Gasteiger partial charge in [-0.25, -0.2) is 4.39 Å². The normalized spacial score (nSPS) is 22.3. The molecule has 0 bridgehead atoms. The number of hydrogen-bond acceptors (Lipinski definition) is 2. The first kappa shape index (κ1) is 18.7. The Morgan fingerprint density at radius 1 is 1.29 bits per heavy atom. The van der Waals surface area contributed by atoms with Crippen molar-refractivity contribution < 1.29 is 9.50 Å². The van der Waals surface area contributed by atoms with E-state index in [1.165, 1.54) is 6.07 Å². The number of aliphatic hydroxyl groups is 1. The molecule has 0 heterocycles. The third kappa shape index (κ3) is 5.48. The fourth-order valence-electron chi connectivity index (χ4n) is 3.01. The summed E-state index contributed by atoms with van der Waals surface area (Å²) in [5.74, 6) is 0.582. The largest absolute Gasteiger partial charge is 0.393 e. The Morgan fingerprint density at radius 2 is 2.00 bits per heavy atom. The van der Waals surface area contributed by atoms with E-state index in [0.29, 0.717) is 12.6 Å². The van der Waals surface area contributed by atoms with Crippen LogP contribution in [-0.4, -0.2) is 36.3 Å². The highest BCUT2D eigenvalue weighted by atomic mass is 19.1. The maximum absolute atomic E-state index is 13.5. The molecule has 0 aromatic heterocycles. The minimum atomic E-state index is -0.243. The van der Waals surface area contributed by atoms with Gasteiger partial charge in [0.05, 0.1) is 12.6 Å². The highest BCUT2D eigenvalue weighted by Gasteiger charge is 2.23. The van der Waals surface area contributed by atoms with E-state index < -0.39 is 0 Å². The molecule has 0 amide bonds. The van der Waals surface area contributed by atoms with Gasteiger partial charge in [-0.05, 0) is 50.3 Å². The molecule has 0 aliphatic heterocycles. The standard InChI is InChI=1S/C19H30FN3O/c1-4-21-18(23-16-8-10-17(24)11-9-16)22-13-19(2,3)14-6-5-7-15(20)12-14/h5-7,12,16-17,24H,4,8-11,13H2,1-3H3,(H2,21,22,23). The van der Waals surface area contributed by atoms with Gasteiger partial charge in [0, 0.05) is 18.0 Å². The second kappa shape index (κ2) is 8.47. The summed E-state index contributed by atoms with van der Waals surface area (Å²) >= 11 is 0. The Labute approximate surface area is 144 Å². The molecule has 1 saturated carbocycles. The Balaban J connectivity index is 2.01. The summed E-state index contributed by atoms with van der Waals surface area (Å²) < 4.78 is 13.5. The number of aliphatic hydroxyl groups excluding tert-OH is 1. The van der Waals surface area contributed by atoms with E-state index in [0.717, 1.165) is 43.8 Å². The second-order valence-electron chi connectivity index (χ2n) is 7.24. The first-order valence-corrected chi connectivity index (χ1v) is 8.89. The molecule has 24 heavy (non-hydrogen) atoms. The summed E-state index contributed by atoms with van der Waals surface area (Å²) in [4.78, 5) is 4.71. The molecule has 0 atom stereocenters. The van der Waals surface area contributed by atoms with Crippen molar-refractivity contribution >= 4 is 5.96 Å². The maximum atomic E-state index is 13.5. The zero-order valence-corrected chi connectivity index (χ0v) is 15.0. The van der Waals surface area contributed by atoms with Crippen molar-refractivity contribution in [2.45, 2.75) is 64.0 Å². The number of aliphatic imine (C=N–C) groups is 1. The molecule has 3 N–H and O–H groups in total. The van der Waals surface area contributed by atoms with Crippen LogP contribution in [0.2, 0.25) is 0 Å². The number of halogens is 1. The molecular weight excluding hydrogens is 305 g/mol. The maximum Gasteiger partial charge on any atom is 0.191 e. The topological polar surface area (TPSA) is 56.7 Å². The van der Waals surface area contributed by atoms with Gasteiger partial charge in [0.1, 0.15) is 5.82 Å². The summed E-state index contributed by atoms with van der Waals surface area (Å²) in [5, 5.41) is 16.4. The Bertz CT molecular complexity index is 551. The van der Waals surface area contributed by atoms with E-state index in [-0.39, 0.29) is 17.3 Å². The van der Waals surface area contributed by atoms with Crippen LogP contribution in [0.15, 0.2) is 29.3 Å². The lowest BCUT2D eigenvalue weighted by molar-refractivity contribution is 0.120. The zero-order valence-electron chi connectivity index (χ0n) is 15.0. The monoisotopic (exact) mass is 335 g/mol. The summed E-state index contributed by atoms with van der Waals surface area (Å²) in [5.41, 5.74) is 0.704. The Kier molecular flexibility index (Phi) is 6.60. The number of rotatable bonds is 5. The fourth-order valence-corrected chi connectivity index (χ4v) is 3.01. The van der Waals surface area contributed by atoms with E-state index in [4.69, 9.17) is 4.99 Å². The molecule has 5 heteroatoms. The molecule has 0 unspecified atom stereocenters. The predicted octanol–water partition coefficient (Wildman–Crippen LogP) is 2.96. The van der Waals surface area contributed by atoms with E-state index >= 15 is 0 Å². The quantitative estimate of drug-likeness (QED) is 0.573. The molecular formula is C19H30FN3O. The molecule has 0 radical (unpaired) electrons. The number of nitrogens with one attached hydrogen (secondary N) is 2. The first-order chi connectivity index (χ1) is 11.4. The van der Waals surface area contributed by atoms with Gasteiger partial charge in [0.15, 0.2) is 5.96 Å². The molecule has 1 fully saturated rings. The summed E-state index contributed by atoms with van der Waals surface area (Å²) in [7, 11) is 0. The van der Waals surface area contributed by atoms with Crippen LogP contribution < -0.4 is 10.6 Å². The van der Waals surface area contributed by atoms with E-state index in [1.54, 1.807) is 12.1 Å². The predicted molar refractivity (Wildman–Crippen MR) is 96.8 cm³/mol. The van der Waals surface area contributed by atoms with Crippen molar-refractivity contribution in [3.05, 3.63) is 35.6 Å². The van der Waals surface area contributed by atoms with Gasteiger partial charge in [0.2, 0.25) is 0 Å². The van der Waals surface area contributed by atoms with Crippen LogP contribution in [0.25, 0.3) is 0 Å². The minimum Gasteiger partial charge on any atom is -0.393 e. The van der Waals surface area contributed by atoms with Crippen LogP contribution in [0, 0.1) is 5.82 Å². The molecule has 2 rings (SSSR count). The Hall–Kier alpha value is -1.62. The van der Waals surface area contributed by atoms with Crippen molar-refractivity contribution in [3.8, 4) is 0 Å². The van der Waals surface area contributed by atoms with E-state index in [1.807, 2.05) is 13.0 Å². The third-order valence-corrected chi connectivity index (χ3v) is 4.62. The van der Waals surface area contributed by atoms with Gasteiger partial charge in [-0.3, -0.25) is 4.99 Å². The number of guanidine groups is 1. The summed E-state index contributed by atoms with van der Waals surface area (Å²) in [6, 6.07) is 7.09. The van der Waals surface area contributed by atoms with Gasteiger partial charge in [-0.1, -0.05) is 26.0 Å². The average Bonchev–Trinajstić information content (AvgIpc) is 2.55. The molecule has 1 aromatic carbocycles. The van der Waals surface area contributed by atoms with Crippen molar-refractivity contribution in [1.29, 1.82) is 0 Å². The fraction of sp³-hybridized carbons (Fsp3) is 0.632. The van der Waals surface area contributed by atoms with Crippen molar-refractivity contribution in [1.82, 2.24) is 10.6 Å². The lowest BCUT2D eigenvalue weighted by Gasteiger charge is -2.28. The van der Waals surface area contributed by atoms with Crippen LogP contribution in [0.5, 0.6) is 0 Å². The third-order valence-electron chi connectivity index (χ3n) is 4.62. The lowest BCUT2D eigenvalue weighted by atomic mass is 9.85. The van der Waals surface area contributed by atoms with Crippen LogP contribution in [0.4, 0.5) is 4.39 Å². The smallest absolute Gasteiger partial charge is 0.191 e. The summed E-state index contributed by atoms with van der Waals surface area (Å²) in [6.45, 7) is 7.56. The molecule has 1 aliphatic rings. The van der Waals surface area contributed by atoms with Gasteiger partial charge in [-0.2, -0.15) is 0 Å². The first-order valence-electron chi connectivity index (χ1n) is 8.89. The Morgan fingerprint density at radius 3 is 2.62 bits per heavy atom. The summed E-state index contributed by atoms with van der Waals surface area (Å²) in [6.07, 6.45) is 3.43. The SMILES string of the molecule is CCNC(=NCC(C)(C)c1cccc(F)c1)NC1CCC(O)CC1. The van der Waals surface area contributed by atoms with Crippen LogP contribution >= 0.6 is 0 Å². The van der Waals surface area contributed by atoms with Gasteiger partial charge < -0.3 is 15.7 Å². The van der Waals surface area contributed by atoms with Crippen molar-refractivity contribution in [2.24, 2.45) is 4.99 Å². The number of benzene rings is 1. The second-order valence-corrected chi connectivity index (χ2v) is 7.24.